The Hall–Kier alpha value is -2.11. The van der Waals surface area contributed by atoms with Crippen molar-refractivity contribution in [2.24, 2.45) is 5.92 Å². The third-order valence-corrected chi connectivity index (χ3v) is 4.26. The first-order chi connectivity index (χ1) is 9.91. The minimum absolute atomic E-state index is 0.219. The van der Waals surface area contributed by atoms with Gasteiger partial charge in [0, 0.05) is 13.1 Å². The van der Waals surface area contributed by atoms with Gasteiger partial charge in [-0.3, -0.25) is 10.1 Å². The minimum atomic E-state index is -1.27. The summed E-state index contributed by atoms with van der Waals surface area (Å²) in [4.78, 5) is 23.8. The van der Waals surface area contributed by atoms with Crippen molar-refractivity contribution < 1.29 is 14.8 Å². The van der Waals surface area contributed by atoms with Crippen LogP contribution in [0.3, 0.4) is 0 Å². The first-order valence-corrected chi connectivity index (χ1v) is 7.15. The van der Waals surface area contributed by atoms with Gasteiger partial charge in [-0.25, -0.2) is 4.79 Å². The first kappa shape index (κ1) is 15.3. The molecule has 0 aliphatic heterocycles. The zero-order chi connectivity index (χ0) is 15.6. The van der Waals surface area contributed by atoms with Crippen molar-refractivity contribution in [3.05, 3.63) is 33.9 Å². The molecule has 2 rings (SSSR count). The van der Waals surface area contributed by atoms with Crippen LogP contribution in [0.4, 0.5) is 11.4 Å². The van der Waals surface area contributed by atoms with Crippen LogP contribution in [0, 0.1) is 16.0 Å². The number of nitro groups is 1. The smallest absolute Gasteiger partial charge is 0.342 e. The van der Waals surface area contributed by atoms with Gasteiger partial charge in [0.05, 0.1) is 4.92 Å². The van der Waals surface area contributed by atoms with Crippen LogP contribution in [-0.4, -0.2) is 29.1 Å². The molecule has 0 heterocycles. The van der Waals surface area contributed by atoms with E-state index in [9.17, 15) is 14.9 Å². The second kappa shape index (κ2) is 6.11. The lowest BCUT2D eigenvalue weighted by molar-refractivity contribution is -0.384. The highest BCUT2D eigenvalue weighted by Crippen LogP contribution is 2.36. The van der Waals surface area contributed by atoms with Crippen LogP contribution < -0.4 is 4.90 Å². The number of hydrogen-bond acceptors (Lipinski definition) is 4. The Kier molecular flexibility index (Phi) is 4.45. The topological polar surface area (TPSA) is 83.7 Å². The normalized spacial score (nSPS) is 21.8. The number of benzene rings is 1. The second-order valence-electron chi connectivity index (χ2n) is 5.77. The van der Waals surface area contributed by atoms with Crippen molar-refractivity contribution in [3.63, 3.8) is 0 Å². The molecule has 6 nitrogen and oxygen atoms in total. The van der Waals surface area contributed by atoms with Crippen molar-refractivity contribution in [2.45, 2.75) is 38.6 Å². The average Bonchev–Trinajstić information content (AvgIpc) is 2.45. The van der Waals surface area contributed by atoms with E-state index < -0.39 is 10.9 Å². The summed E-state index contributed by atoms with van der Waals surface area (Å²) in [6.45, 7) is 2.18. The molecule has 114 valence electrons. The molecule has 6 heteroatoms. The van der Waals surface area contributed by atoms with Crippen LogP contribution in [-0.2, 0) is 0 Å². The van der Waals surface area contributed by atoms with Gasteiger partial charge in [0.15, 0.2) is 0 Å². The number of para-hydroxylation sites is 1. The largest absolute Gasteiger partial charge is 0.477 e. The van der Waals surface area contributed by atoms with E-state index in [1.807, 2.05) is 11.9 Å². The highest BCUT2D eigenvalue weighted by molar-refractivity contribution is 5.95. The number of hydrogen-bond donors (Lipinski definition) is 1. The molecule has 1 aromatic carbocycles. The van der Waals surface area contributed by atoms with Gasteiger partial charge < -0.3 is 10.0 Å². The van der Waals surface area contributed by atoms with E-state index in [0.29, 0.717) is 11.6 Å². The Labute approximate surface area is 123 Å². The highest BCUT2D eigenvalue weighted by atomic mass is 16.6. The van der Waals surface area contributed by atoms with E-state index in [4.69, 9.17) is 5.11 Å². The van der Waals surface area contributed by atoms with Crippen LogP contribution in [0.5, 0.6) is 0 Å². The van der Waals surface area contributed by atoms with Gasteiger partial charge in [-0.1, -0.05) is 25.8 Å². The van der Waals surface area contributed by atoms with Crippen molar-refractivity contribution >= 4 is 17.3 Å². The van der Waals surface area contributed by atoms with Crippen molar-refractivity contribution in [1.29, 1.82) is 0 Å². The summed E-state index contributed by atoms with van der Waals surface area (Å²) in [7, 11) is 1.82. The number of carboxylic acids is 1. The number of rotatable bonds is 4. The molecule has 0 spiro atoms. The van der Waals surface area contributed by atoms with Gasteiger partial charge >= 0.3 is 11.7 Å². The zero-order valence-electron chi connectivity index (χ0n) is 12.3. The standard InChI is InChI=1S/C15H20N2O4/c1-10-5-3-6-11(9-10)16(2)13-8-4-7-12(15(18)19)14(13)17(20)21/h4,7-8,10-11H,3,5-6,9H2,1-2H3,(H,18,19). The number of carbonyl (C=O) groups is 1. The highest BCUT2D eigenvalue weighted by Gasteiger charge is 2.30. The molecule has 0 saturated heterocycles. The molecular formula is C15H20N2O4. The molecule has 1 aromatic rings. The minimum Gasteiger partial charge on any atom is -0.477 e. The SMILES string of the molecule is CC1CCCC(N(C)c2cccc(C(=O)O)c2[N+](=O)[O-])C1. The Balaban J connectivity index is 2.40. The molecule has 2 unspecified atom stereocenters. The van der Waals surface area contributed by atoms with Gasteiger partial charge in [-0.05, 0) is 30.9 Å². The Morgan fingerprint density at radius 3 is 2.71 bits per heavy atom. The fourth-order valence-electron chi connectivity index (χ4n) is 3.13. The molecule has 0 aromatic heterocycles. The summed E-state index contributed by atoms with van der Waals surface area (Å²) in [5.74, 6) is -0.679. The predicted molar refractivity (Wildman–Crippen MR) is 79.9 cm³/mol. The molecule has 0 bridgehead atoms. The maximum atomic E-state index is 11.3. The molecular weight excluding hydrogens is 272 g/mol. The monoisotopic (exact) mass is 292 g/mol. The molecule has 1 aliphatic rings. The molecule has 2 atom stereocenters. The summed E-state index contributed by atoms with van der Waals surface area (Å²) >= 11 is 0. The fourth-order valence-corrected chi connectivity index (χ4v) is 3.13. The van der Waals surface area contributed by atoms with Crippen LogP contribution in [0.25, 0.3) is 0 Å². The zero-order valence-corrected chi connectivity index (χ0v) is 12.3. The Morgan fingerprint density at radius 2 is 2.14 bits per heavy atom. The van der Waals surface area contributed by atoms with Crippen molar-refractivity contribution in [2.75, 3.05) is 11.9 Å². The number of carboxylic acid groups (broad SMARTS) is 1. The molecule has 1 fully saturated rings. The maximum absolute atomic E-state index is 11.3. The van der Waals surface area contributed by atoms with E-state index >= 15 is 0 Å². The van der Waals surface area contributed by atoms with Gasteiger partial charge in [0.25, 0.3) is 0 Å². The van der Waals surface area contributed by atoms with E-state index in [-0.39, 0.29) is 17.3 Å². The number of anilines is 1. The summed E-state index contributed by atoms with van der Waals surface area (Å²) in [5, 5.41) is 20.5. The predicted octanol–water partition coefficient (Wildman–Crippen LogP) is 3.31. The lowest BCUT2D eigenvalue weighted by atomic mass is 9.86. The number of nitrogens with zero attached hydrogens (tertiary/aromatic N) is 2. The van der Waals surface area contributed by atoms with Crippen LogP contribution in [0.15, 0.2) is 18.2 Å². The van der Waals surface area contributed by atoms with Gasteiger partial charge in [-0.2, -0.15) is 0 Å². The van der Waals surface area contributed by atoms with Crippen molar-refractivity contribution in [1.82, 2.24) is 0 Å². The van der Waals surface area contributed by atoms with Gasteiger partial charge in [-0.15, -0.1) is 0 Å². The molecule has 21 heavy (non-hydrogen) atoms. The Bertz CT molecular complexity index is 559. The van der Waals surface area contributed by atoms with Gasteiger partial charge in [0.1, 0.15) is 11.3 Å². The lowest BCUT2D eigenvalue weighted by Gasteiger charge is -2.35. The third-order valence-electron chi connectivity index (χ3n) is 4.26. The van der Waals surface area contributed by atoms with Crippen LogP contribution >= 0.6 is 0 Å². The van der Waals surface area contributed by atoms with Gasteiger partial charge in [0.2, 0.25) is 0 Å². The summed E-state index contributed by atoms with van der Waals surface area (Å²) < 4.78 is 0. The number of nitro benzene ring substituents is 1. The molecule has 1 aliphatic carbocycles. The summed E-state index contributed by atoms with van der Waals surface area (Å²) in [6.07, 6.45) is 4.24. The fraction of sp³-hybridized carbons (Fsp3) is 0.533. The maximum Gasteiger partial charge on any atom is 0.342 e. The van der Waals surface area contributed by atoms with E-state index in [1.54, 1.807) is 12.1 Å². The van der Waals surface area contributed by atoms with E-state index in [0.717, 1.165) is 19.3 Å². The quantitative estimate of drug-likeness (QED) is 0.680. The van der Waals surface area contributed by atoms with Crippen LogP contribution in [0.2, 0.25) is 0 Å². The Morgan fingerprint density at radius 1 is 1.43 bits per heavy atom. The summed E-state index contributed by atoms with van der Waals surface area (Å²) in [6, 6.07) is 4.69. The third kappa shape index (κ3) is 3.15. The molecule has 1 N–H and O–H groups in total. The lowest BCUT2D eigenvalue weighted by Crippen LogP contribution is -2.36. The first-order valence-electron chi connectivity index (χ1n) is 7.15. The molecule has 1 saturated carbocycles. The molecule has 0 amide bonds. The molecule has 0 radical (unpaired) electrons. The van der Waals surface area contributed by atoms with E-state index in [2.05, 4.69) is 6.92 Å². The van der Waals surface area contributed by atoms with Crippen molar-refractivity contribution in [3.8, 4) is 0 Å². The second-order valence-corrected chi connectivity index (χ2v) is 5.77. The van der Waals surface area contributed by atoms with Crippen LogP contribution in [0.1, 0.15) is 43.0 Å². The summed E-state index contributed by atoms with van der Waals surface area (Å²) in [5.41, 5.74) is -0.182. The average molecular weight is 292 g/mol. The van der Waals surface area contributed by atoms with E-state index in [1.165, 1.54) is 12.5 Å². The number of aromatic carboxylic acids is 1.